The van der Waals surface area contributed by atoms with Gasteiger partial charge in [0, 0.05) is 24.9 Å². The van der Waals surface area contributed by atoms with Crippen LogP contribution in [-0.2, 0) is 19.0 Å². The summed E-state index contributed by atoms with van der Waals surface area (Å²) in [7, 11) is 0. The molecule has 1 aliphatic heterocycles. The van der Waals surface area contributed by atoms with Crippen molar-refractivity contribution in [1.82, 2.24) is 0 Å². The van der Waals surface area contributed by atoms with E-state index in [4.69, 9.17) is 14.2 Å². The average Bonchev–Trinajstić information content (AvgIpc) is 3.01. The van der Waals surface area contributed by atoms with Gasteiger partial charge in [-0.2, -0.15) is 0 Å². The molecule has 3 aliphatic rings. The Morgan fingerprint density at radius 3 is 2.38 bits per heavy atom. The van der Waals surface area contributed by atoms with Gasteiger partial charge in [-0.1, -0.05) is 13.8 Å². The van der Waals surface area contributed by atoms with Crippen molar-refractivity contribution in [2.45, 2.75) is 58.7 Å². The molecule has 2 bridgehead atoms. The molecule has 4 heteroatoms. The molecule has 2 unspecified atom stereocenters. The molecule has 4 nitrogen and oxygen atoms in total. The summed E-state index contributed by atoms with van der Waals surface area (Å²) < 4.78 is 16.9. The number of rotatable bonds is 6. The third-order valence-corrected chi connectivity index (χ3v) is 6.41. The number of hydrogen-bond donors (Lipinski definition) is 0. The van der Waals surface area contributed by atoms with Gasteiger partial charge in [-0.15, -0.1) is 0 Å². The zero-order valence-electron chi connectivity index (χ0n) is 13.6. The molecule has 2 saturated carbocycles. The fraction of sp³-hybridized carbons (Fsp3) is 0.941. The van der Waals surface area contributed by atoms with Crippen LogP contribution in [0.5, 0.6) is 0 Å². The Morgan fingerprint density at radius 2 is 1.81 bits per heavy atom. The van der Waals surface area contributed by atoms with Crippen molar-refractivity contribution in [3.63, 3.8) is 0 Å². The maximum Gasteiger partial charge on any atom is 0.167 e. The Bertz CT molecular complexity index is 411. The van der Waals surface area contributed by atoms with Gasteiger partial charge in [-0.05, 0) is 37.5 Å². The highest BCUT2D eigenvalue weighted by Gasteiger charge is 2.63. The molecule has 2 atom stereocenters. The van der Waals surface area contributed by atoms with Crippen LogP contribution in [0, 0.1) is 16.7 Å². The van der Waals surface area contributed by atoms with Gasteiger partial charge in [0.25, 0.3) is 0 Å². The minimum atomic E-state index is -0.473. The molecule has 3 rings (SSSR count). The van der Waals surface area contributed by atoms with E-state index in [2.05, 4.69) is 13.8 Å². The summed E-state index contributed by atoms with van der Waals surface area (Å²) in [4.78, 5) is 12.4. The van der Waals surface area contributed by atoms with Gasteiger partial charge >= 0.3 is 0 Å². The predicted molar refractivity (Wildman–Crippen MR) is 78.9 cm³/mol. The molecular weight excluding hydrogens is 268 g/mol. The van der Waals surface area contributed by atoms with Gasteiger partial charge < -0.3 is 14.2 Å². The van der Waals surface area contributed by atoms with Crippen molar-refractivity contribution in [3.8, 4) is 0 Å². The highest BCUT2D eigenvalue weighted by atomic mass is 16.7. The van der Waals surface area contributed by atoms with E-state index in [-0.39, 0.29) is 10.8 Å². The lowest BCUT2D eigenvalue weighted by Gasteiger charge is -2.36. The van der Waals surface area contributed by atoms with Gasteiger partial charge in [0.1, 0.15) is 5.78 Å². The summed E-state index contributed by atoms with van der Waals surface area (Å²) in [5.74, 6) is 0.588. The van der Waals surface area contributed by atoms with Crippen LogP contribution in [0.25, 0.3) is 0 Å². The topological polar surface area (TPSA) is 44.8 Å². The summed E-state index contributed by atoms with van der Waals surface area (Å²) in [6.45, 7) is 9.15. The van der Waals surface area contributed by atoms with Gasteiger partial charge in [0.15, 0.2) is 5.79 Å². The molecule has 0 aromatic rings. The van der Waals surface area contributed by atoms with E-state index >= 15 is 0 Å². The van der Waals surface area contributed by atoms with Crippen LogP contribution in [0.4, 0.5) is 0 Å². The maximum absolute atomic E-state index is 12.4. The molecule has 21 heavy (non-hydrogen) atoms. The number of ketones is 1. The van der Waals surface area contributed by atoms with E-state index in [1.807, 2.05) is 6.92 Å². The van der Waals surface area contributed by atoms with Gasteiger partial charge in [-0.25, -0.2) is 0 Å². The average molecular weight is 296 g/mol. The van der Waals surface area contributed by atoms with Crippen LogP contribution in [0.3, 0.4) is 0 Å². The zero-order chi connectivity index (χ0) is 15.1. The Balaban J connectivity index is 1.46. The SMILES string of the molecule is CC1(CCOCCC23CCC(CC2=O)C3(C)C)OCCO1. The number of hydrogen-bond acceptors (Lipinski definition) is 4. The van der Waals surface area contributed by atoms with E-state index in [1.165, 1.54) is 6.42 Å². The Morgan fingerprint density at radius 1 is 1.14 bits per heavy atom. The molecule has 3 fully saturated rings. The number of carbonyl (C=O) groups excluding carboxylic acids is 1. The largest absolute Gasteiger partial charge is 0.381 e. The first-order valence-electron chi connectivity index (χ1n) is 8.29. The van der Waals surface area contributed by atoms with Gasteiger partial charge in [0.2, 0.25) is 0 Å². The minimum absolute atomic E-state index is 0.123. The number of Topliss-reactive ketones (excluding diaryl/α,β-unsaturated/α-hetero) is 1. The fourth-order valence-electron chi connectivity index (χ4n) is 4.66. The second kappa shape index (κ2) is 5.32. The predicted octanol–water partition coefficient (Wildman–Crippen LogP) is 2.94. The van der Waals surface area contributed by atoms with Gasteiger partial charge in [-0.3, -0.25) is 4.79 Å². The third-order valence-electron chi connectivity index (χ3n) is 6.41. The lowest BCUT2D eigenvalue weighted by Crippen LogP contribution is -2.37. The summed E-state index contributed by atoms with van der Waals surface area (Å²) in [5, 5.41) is 0. The summed E-state index contributed by atoms with van der Waals surface area (Å²) in [6.07, 6.45) is 4.66. The summed E-state index contributed by atoms with van der Waals surface area (Å²) in [6, 6.07) is 0. The second-order valence-electron chi connectivity index (χ2n) is 7.61. The van der Waals surface area contributed by atoms with Crippen molar-refractivity contribution in [3.05, 3.63) is 0 Å². The van der Waals surface area contributed by atoms with Crippen molar-refractivity contribution < 1.29 is 19.0 Å². The van der Waals surface area contributed by atoms with E-state index in [1.54, 1.807) is 0 Å². The number of carbonyl (C=O) groups is 1. The quantitative estimate of drug-likeness (QED) is 0.707. The fourth-order valence-corrected chi connectivity index (χ4v) is 4.66. The van der Waals surface area contributed by atoms with Crippen molar-refractivity contribution in [2.24, 2.45) is 16.7 Å². The molecule has 0 amide bonds. The first kappa shape index (κ1) is 15.4. The van der Waals surface area contributed by atoms with Gasteiger partial charge in [0.05, 0.1) is 19.8 Å². The van der Waals surface area contributed by atoms with Crippen LogP contribution in [0.2, 0.25) is 0 Å². The minimum Gasteiger partial charge on any atom is -0.381 e. The smallest absolute Gasteiger partial charge is 0.167 e. The maximum atomic E-state index is 12.4. The van der Waals surface area contributed by atoms with E-state index in [0.29, 0.717) is 38.1 Å². The molecule has 1 heterocycles. The van der Waals surface area contributed by atoms with Crippen LogP contribution < -0.4 is 0 Å². The lowest BCUT2D eigenvalue weighted by molar-refractivity contribution is -0.156. The number of fused-ring (bicyclic) bond motifs is 2. The van der Waals surface area contributed by atoms with E-state index in [0.717, 1.165) is 25.7 Å². The lowest BCUT2D eigenvalue weighted by atomic mass is 9.67. The Labute approximate surface area is 127 Å². The van der Waals surface area contributed by atoms with Crippen molar-refractivity contribution >= 4 is 5.78 Å². The normalized spacial score (nSPS) is 36.5. The van der Waals surface area contributed by atoms with Crippen molar-refractivity contribution in [1.29, 1.82) is 0 Å². The van der Waals surface area contributed by atoms with E-state index in [9.17, 15) is 4.79 Å². The summed E-state index contributed by atoms with van der Waals surface area (Å²) >= 11 is 0. The molecule has 0 aromatic carbocycles. The Kier molecular flexibility index (Phi) is 3.92. The highest BCUT2D eigenvalue weighted by molar-refractivity contribution is 5.89. The van der Waals surface area contributed by atoms with E-state index < -0.39 is 5.79 Å². The standard InChI is InChI=1S/C17H28O4/c1-15(2)13-4-5-17(15,14(18)12-13)7-9-19-8-6-16(3)20-10-11-21-16/h13H,4-12H2,1-3H3. The van der Waals surface area contributed by atoms with Crippen LogP contribution in [0.15, 0.2) is 0 Å². The molecule has 120 valence electrons. The molecule has 0 aromatic heterocycles. The second-order valence-corrected chi connectivity index (χ2v) is 7.61. The third kappa shape index (κ3) is 2.45. The molecule has 0 N–H and O–H groups in total. The molecule has 0 spiro atoms. The molecule has 2 aliphatic carbocycles. The summed E-state index contributed by atoms with van der Waals surface area (Å²) in [5.41, 5.74) is 0.0268. The molecular formula is C17H28O4. The zero-order valence-corrected chi connectivity index (χ0v) is 13.6. The van der Waals surface area contributed by atoms with Crippen LogP contribution in [-0.4, -0.2) is 38.0 Å². The monoisotopic (exact) mass is 296 g/mol. The first-order valence-corrected chi connectivity index (χ1v) is 8.29. The number of ether oxygens (including phenoxy) is 3. The Hall–Kier alpha value is -0.450. The highest BCUT2D eigenvalue weighted by Crippen LogP contribution is 2.65. The van der Waals surface area contributed by atoms with Crippen LogP contribution in [0.1, 0.15) is 52.9 Å². The van der Waals surface area contributed by atoms with Crippen molar-refractivity contribution in [2.75, 3.05) is 26.4 Å². The molecule has 0 radical (unpaired) electrons. The molecule has 1 saturated heterocycles. The first-order chi connectivity index (χ1) is 9.90. The van der Waals surface area contributed by atoms with Crippen LogP contribution >= 0.6 is 0 Å².